The first-order valence-corrected chi connectivity index (χ1v) is 24.9. The molecule has 18 heteroatoms. The molecule has 2 fully saturated rings. The highest BCUT2D eigenvalue weighted by atomic mass is 32.3. The molecule has 0 spiro atoms. The maximum absolute atomic E-state index is 13.6. The molecule has 2 aliphatic rings. The average Bonchev–Trinajstić information content (AvgIpc) is 3.53. The van der Waals surface area contributed by atoms with Crippen molar-refractivity contribution in [2.75, 3.05) is 13.2 Å². The third-order valence-electron chi connectivity index (χ3n) is 10.5. The third-order valence-corrected chi connectivity index (χ3v) is 11.4. The van der Waals surface area contributed by atoms with Crippen molar-refractivity contribution < 1.29 is 67.6 Å². The van der Waals surface area contributed by atoms with Crippen LogP contribution in [0.3, 0.4) is 0 Å². The van der Waals surface area contributed by atoms with Crippen molar-refractivity contribution in [1.82, 2.24) is 5.32 Å². The van der Waals surface area contributed by atoms with E-state index in [1.165, 1.54) is 65.2 Å². The van der Waals surface area contributed by atoms with Crippen LogP contribution in [-0.2, 0) is 57.6 Å². The highest BCUT2D eigenvalue weighted by molar-refractivity contribution is 7.81. The van der Waals surface area contributed by atoms with Crippen molar-refractivity contribution in [3.63, 3.8) is 0 Å². The number of fused-ring (bicyclic) bond motifs is 1. The van der Waals surface area contributed by atoms with E-state index in [1.807, 2.05) is 6.08 Å². The zero-order valence-corrected chi connectivity index (χ0v) is 38.1. The Balaban J connectivity index is 1.80. The zero-order valence-electron chi connectivity index (χ0n) is 36.5. The third kappa shape index (κ3) is 21.6. The molecule has 1 aromatic carbocycles. The van der Waals surface area contributed by atoms with Gasteiger partial charge in [0.05, 0.1) is 24.8 Å². The lowest BCUT2D eigenvalue weighted by Crippen LogP contribution is -2.60. The summed E-state index contributed by atoms with van der Waals surface area (Å²) in [5.74, 6) is -2.37. The summed E-state index contributed by atoms with van der Waals surface area (Å²) in [5.41, 5.74) is 0.271. The van der Waals surface area contributed by atoms with Crippen molar-refractivity contribution >= 4 is 32.7 Å². The first kappa shape index (κ1) is 52.8. The molecule has 0 unspecified atom stereocenters. The van der Waals surface area contributed by atoms with E-state index >= 15 is 0 Å². The Bertz CT molecular complexity index is 1660. The molecule has 2 heterocycles. The molecule has 0 radical (unpaired) electrons. The molecule has 1 amide bonds. The van der Waals surface area contributed by atoms with E-state index in [0.717, 1.165) is 51.4 Å². The maximum atomic E-state index is 13.6. The van der Waals surface area contributed by atoms with E-state index in [4.69, 9.17) is 27.9 Å². The second kappa shape index (κ2) is 27.6. The van der Waals surface area contributed by atoms with Crippen LogP contribution in [0.4, 0.5) is 0 Å². The van der Waals surface area contributed by atoms with E-state index in [-0.39, 0.29) is 17.9 Å². The number of esters is 1. The van der Waals surface area contributed by atoms with Crippen LogP contribution in [0.15, 0.2) is 42.5 Å². The van der Waals surface area contributed by atoms with Crippen LogP contribution in [0.2, 0.25) is 0 Å². The second-order valence-corrected chi connectivity index (χ2v) is 18.5. The summed E-state index contributed by atoms with van der Waals surface area (Å²) in [6, 6.07) is 7.26. The summed E-state index contributed by atoms with van der Waals surface area (Å²) >= 11 is 0. The number of hydrogen-bond donors (Lipinski definition) is 3. The smallest absolute Gasteiger partial charge is 0.397 e. The van der Waals surface area contributed by atoms with Gasteiger partial charge in [0.1, 0.15) is 24.4 Å². The van der Waals surface area contributed by atoms with Crippen LogP contribution in [0, 0.1) is 0 Å². The van der Waals surface area contributed by atoms with Gasteiger partial charge in [0.2, 0.25) is 5.91 Å². The first-order chi connectivity index (χ1) is 29.0. The maximum Gasteiger partial charge on any atom is 0.397 e. The van der Waals surface area contributed by atoms with Crippen LogP contribution in [-0.4, -0.2) is 99.7 Å². The van der Waals surface area contributed by atoms with E-state index in [9.17, 15) is 35.5 Å². The Morgan fingerprint density at radius 1 is 0.787 bits per heavy atom. The number of amides is 1. The Hall–Kier alpha value is -2.52. The van der Waals surface area contributed by atoms with Gasteiger partial charge in [-0.1, -0.05) is 134 Å². The largest absolute Gasteiger partial charge is 0.452 e. The van der Waals surface area contributed by atoms with Crippen molar-refractivity contribution in [2.45, 2.75) is 198 Å². The summed E-state index contributed by atoms with van der Waals surface area (Å²) in [6.07, 6.45) is 14.9. The van der Waals surface area contributed by atoms with Gasteiger partial charge in [-0.2, -0.15) is 16.8 Å². The monoisotopic (exact) mass is 905 g/mol. The summed E-state index contributed by atoms with van der Waals surface area (Å²) in [4.78, 5) is 27.0. The molecular weight excluding hydrogens is 835 g/mol. The fraction of sp³-hybridized carbons (Fsp3) is 0.767. The molecule has 16 nitrogen and oxygen atoms in total. The van der Waals surface area contributed by atoms with Gasteiger partial charge in [-0.15, -0.1) is 0 Å². The molecule has 7 atom stereocenters. The first-order valence-electron chi connectivity index (χ1n) is 22.1. The van der Waals surface area contributed by atoms with Gasteiger partial charge in [-0.3, -0.25) is 13.9 Å². The molecule has 0 saturated carbocycles. The topological polar surface area (TPSA) is 220 Å². The van der Waals surface area contributed by atoms with Crippen molar-refractivity contribution in [1.29, 1.82) is 0 Å². The van der Waals surface area contributed by atoms with Gasteiger partial charge in [0.25, 0.3) is 0 Å². The number of carbonyl (C=O) groups excluding carboxylic acids is 2. The highest BCUT2D eigenvalue weighted by Gasteiger charge is 2.58. The normalized spacial score (nSPS) is 22.5. The lowest BCUT2D eigenvalue weighted by molar-refractivity contribution is -0.277. The number of allylic oxidation sites excluding steroid dienone is 1. The van der Waals surface area contributed by atoms with Crippen LogP contribution >= 0.6 is 0 Å². The minimum Gasteiger partial charge on any atom is -0.452 e. The molecule has 2 aliphatic heterocycles. The molecule has 0 aliphatic carbocycles. The molecule has 61 heavy (non-hydrogen) atoms. The Morgan fingerprint density at radius 3 is 1.92 bits per heavy atom. The van der Waals surface area contributed by atoms with E-state index in [2.05, 4.69) is 23.3 Å². The second-order valence-electron chi connectivity index (χ2n) is 16.3. The minimum absolute atomic E-state index is 0.182. The van der Waals surface area contributed by atoms with Gasteiger partial charge >= 0.3 is 26.8 Å². The number of carbonyl (C=O) groups is 2. The highest BCUT2D eigenvalue weighted by Crippen LogP contribution is 2.39. The van der Waals surface area contributed by atoms with Crippen molar-refractivity contribution in [3.8, 4) is 0 Å². The summed E-state index contributed by atoms with van der Waals surface area (Å²) in [7, 11) is -10.1. The van der Waals surface area contributed by atoms with Crippen molar-refractivity contribution in [2.24, 2.45) is 0 Å². The molecule has 0 bridgehead atoms. The fourth-order valence-corrected chi connectivity index (χ4v) is 8.23. The molecule has 3 N–H and O–H groups in total. The summed E-state index contributed by atoms with van der Waals surface area (Å²) < 4.78 is 106. The number of rotatable bonds is 32. The molecular formula is C43H71NO15S2. The van der Waals surface area contributed by atoms with E-state index in [1.54, 1.807) is 36.4 Å². The molecule has 2 saturated heterocycles. The number of benzene rings is 1. The summed E-state index contributed by atoms with van der Waals surface area (Å²) in [5, 5.41) is 2.95. The number of nitrogens with one attached hydrogen (secondary N) is 1. The fourth-order valence-electron chi connectivity index (χ4n) is 7.44. The predicted molar refractivity (Wildman–Crippen MR) is 228 cm³/mol. The number of hydrogen-bond acceptors (Lipinski definition) is 13. The predicted octanol–water partition coefficient (Wildman–Crippen LogP) is 7.97. The van der Waals surface area contributed by atoms with E-state index < -0.39 is 88.6 Å². The molecule has 1 aromatic rings. The van der Waals surface area contributed by atoms with Gasteiger partial charge in [-0.05, 0) is 51.3 Å². The zero-order chi connectivity index (χ0) is 44.7. The van der Waals surface area contributed by atoms with Gasteiger partial charge in [0.15, 0.2) is 18.2 Å². The SMILES string of the molecule is CCCCCC/C=C/[C@@H](OC(=O)c1ccccc1)[C@H](CO[C@@H]1O[C@H](COS(=O)(=O)O)[C@@H]2OC(C)(C)O[C@@H]2[C@H]1OS(=O)(=O)O)NC(=O)CCCCCCCCCCCCCCC. The van der Waals surface area contributed by atoms with Crippen LogP contribution in [0.1, 0.15) is 160 Å². The van der Waals surface area contributed by atoms with Crippen LogP contribution in [0.5, 0.6) is 0 Å². The molecule has 0 aromatic heterocycles. The number of unbranched alkanes of at least 4 members (excludes halogenated alkanes) is 16. The lowest BCUT2D eigenvalue weighted by Gasteiger charge is -2.41. The Labute approximate surface area is 364 Å². The quantitative estimate of drug-likeness (QED) is 0.0270. The lowest BCUT2D eigenvalue weighted by atomic mass is 9.99. The van der Waals surface area contributed by atoms with Crippen molar-refractivity contribution in [3.05, 3.63) is 48.0 Å². The van der Waals surface area contributed by atoms with Gasteiger partial charge in [0, 0.05) is 6.42 Å². The molecule has 350 valence electrons. The molecule has 3 rings (SSSR count). The Kier molecular flexibility index (Phi) is 23.9. The minimum atomic E-state index is -5.17. The van der Waals surface area contributed by atoms with Gasteiger partial charge < -0.3 is 29.0 Å². The average molecular weight is 906 g/mol. The van der Waals surface area contributed by atoms with Gasteiger partial charge in [-0.25, -0.2) is 13.2 Å². The standard InChI is InChI=1S/C43H71NO15S2/c1-5-7-9-11-13-14-15-16-17-18-19-21-26-30-37(45)44-34(35(29-25-20-12-10-8-6-2)55-41(46)33-27-23-22-24-28-33)31-53-42-40(59-61(50,51)52)39-38(57-43(3,4)58-39)36(56-42)32-54-60(47,48)49/h22-25,27-29,34-36,38-40,42H,5-21,26,30-32H2,1-4H3,(H,44,45)(H,47,48,49)(H,50,51,52)/b29-25+/t34-,35+,36+,38-,39-,40+,42+/m0/s1. The number of ether oxygens (including phenoxy) is 5. The Morgan fingerprint density at radius 2 is 1.34 bits per heavy atom. The summed E-state index contributed by atoms with van der Waals surface area (Å²) in [6.45, 7) is 6.10. The van der Waals surface area contributed by atoms with E-state index in [0.29, 0.717) is 12.8 Å². The van der Waals surface area contributed by atoms with Crippen LogP contribution in [0.25, 0.3) is 0 Å². The van der Waals surface area contributed by atoms with Crippen LogP contribution < -0.4 is 5.32 Å².